The molecule has 2 rings (SSSR count). The first-order chi connectivity index (χ1) is 9.90. The minimum absolute atomic E-state index is 0.0746. The van der Waals surface area contributed by atoms with E-state index in [1.165, 1.54) is 12.0 Å². The summed E-state index contributed by atoms with van der Waals surface area (Å²) in [7, 11) is -0.984. The molecule has 0 spiro atoms. The van der Waals surface area contributed by atoms with Crippen LogP contribution in [-0.4, -0.2) is 15.5 Å². The summed E-state index contributed by atoms with van der Waals surface area (Å²) in [6.45, 7) is 8.88. The highest BCUT2D eigenvalue weighted by molar-refractivity contribution is 7.85. The van der Waals surface area contributed by atoms with Gasteiger partial charge >= 0.3 is 0 Å². The summed E-state index contributed by atoms with van der Waals surface area (Å²) in [5.74, 6) is 1.82. The smallest absolute Gasteiger partial charge is 0.0576 e. The van der Waals surface area contributed by atoms with Gasteiger partial charge < -0.3 is 5.73 Å². The molecule has 3 heteroatoms. The Hall–Kier alpha value is -0.670. The van der Waals surface area contributed by atoms with E-state index >= 15 is 0 Å². The van der Waals surface area contributed by atoms with Crippen LogP contribution >= 0.6 is 0 Å². The summed E-state index contributed by atoms with van der Waals surface area (Å²) < 4.78 is 12.9. The van der Waals surface area contributed by atoms with Crippen molar-refractivity contribution < 1.29 is 4.21 Å². The van der Waals surface area contributed by atoms with E-state index in [2.05, 4.69) is 39.8 Å². The first-order valence-electron chi connectivity index (χ1n) is 8.16. The Morgan fingerprint density at radius 3 is 2.24 bits per heavy atom. The van der Waals surface area contributed by atoms with Gasteiger partial charge in [0.1, 0.15) is 0 Å². The Kier molecular flexibility index (Phi) is 5.61. The normalized spacial score (nSPS) is 28.0. The second-order valence-electron chi connectivity index (χ2n) is 7.04. The molecule has 0 heterocycles. The standard InChI is InChI=1S/C18H29NOS/c1-12(2)14-5-8-16(9-6-14)21(20)18-11-15(13(3)4)7-10-17(18)19/h5-6,8-9,12-13,15,17-18H,7,10-11,19H2,1-4H3. The van der Waals surface area contributed by atoms with Crippen molar-refractivity contribution in [3.05, 3.63) is 29.8 Å². The Bertz CT molecular complexity index is 480. The predicted octanol–water partition coefficient (Wildman–Crippen LogP) is 4.07. The Balaban J connectivity index is 2.13. The molecular formula is C18H29NOS. The number of rotatable bonds is 4. The van der Waals surface area contributed by atoms with Crippen LogP contribution in [0.4, 0.5) is 0 Å². The molecule has 0 aromatic heterocycles. The van der Waals surface area contributed by atoms with Gasteiger partial charge in [-0.25, -0.2) is 0 Å². The molecule has 0 bridgehead atoms. The number of benzene rings is 1. The molecule has 1 aliphatic rings. The van der Waals surface area contributed by atoms with Gasteiger partial charge in [0.25, 0.3) is 0 Å². The number of hydrogen-bond acceptors (Lipinski definition) is 2. The summed E-state index contributed by atoms with van der Waals surface area (Å²) in [5, 5.41) is 0.107. The van der Waals surface area contributed by atoms with Gasteiger partial charge in [-0.15, -0.1) is 0 Å². The molecule has 4 atom stereocenters. The van der Waals surface area contributed by atoms with E-state index in [1.54, 1.807) is 0 Å². The largest absolute Gasteiger partial charge is 0.327 e. The molecule has 1 aromatic rings. The van der Waals surface area contributed by atoms with E-state index in [0.29, 0.717) is 17.8 Å². The highest BCUT2D eigenvalue weighted by Crippen LogP contribution is 2.33. The van der Waals surface area contributed by atoms with Crippen molar-refractivity contribution in [1.29, 1.82) is 0 Å². The number of nitrogens with two attached hydrogens (primary N) is 1. The van der Waals surface area contributed by atoms with Crippen molar-refractivity contribution in [1.82, 2.24) is 0 Å². The first kappa shape index (κ1) is 16.7. The molecular weight excluding hydrogens is 278 g/mol. The van der Waals surface area contributed by atoms with E-state index in [0.717, 1.165) is 17.7 Å². The maximum absolute atomic E-state index is 12.9. The molecule has 118 valence electrons. The second-order valence-corrected chi connectivity index (χ2v) is 8.71. The second kappa shape index (κ2) is 7.06. The van der Waals surface area contributed by atoms with Gasteiger partial charge in [-0.1, -0.05) is 39.8 Å². The van der Waals surface area contributed by atoms with Crippen LogP contribution in [0.5, 0.6) is 0 Å². The summed E-state index contributed by atoms with van der Waals surface area (Å²) >= 11 is 0. The summed E-state index contributed by atoms with van der Waals surface area (Å²) in [6, 6.07) is 8.33. The maximum Gasteiger partial charge on any atom is 0.0576 e. The number of hydrogen-bond donors (Lipinski definition) is 1. The highest BCUT2D eigenvalue weighted by Gasteiger charge is 2.33. The average molecular weight is 308 g/mol. The molecule has 1 fully saturated rings. The minimum atomic E-state index is -0.984. The molecule has 0 amide bonds. The third-order valence-electron chi connectivity index (χ3n) is 4.88. The molecule has 0 aliphatic heterocycles. The quantitative estimate of drug-likeness (QED) is 0.911. The maximum atomic E-state index is 12.9. The van der Waals surface area contributed by atoms with Crippen molar-refractivity contribution in [2.24, 2.45) is 17.6 Å². The molecule has 2 nitrogen and oxygen atoms in total. The van der Waals surface area contributed by atoms with Gasteiger partial charge in [0.05, 0.1) is 16.0 Å². The van der Waals surface area contributed by atoms with Crippen molar-refractivity contribution in [3.8, 4) is 0 Å². The SMILES string of the molecule is CC(C)c1ccc(S(=O)C2CC(C(C)C)CCC2N)cc1. The van der Waals surface area contributed by atoms with Crippen molar-refractivity contribution in [3.63, 3.8) is 0 Å². The molecule has 0 saturated heterocycles. The van der Waals surface area contributed by atoms with Crippen LogP contribution in [0.15, 0.2) is 29.2 Å². The average Bonchev–Trinajstić information content (AvgIpc) is 2.47. The van der Waals surface area contributed by atoms with Gasteiger partial charge in [0.2, 0.25) is 0 Å². The lowest BCUT2D eigenvalue weighted by atomic mass is 9.79. The van der Waals surface area contributed by atoms with Crippen molar-refractivity contribution in [2.75, 3.05) is 0 Å². The zero-order valence-electron chi connectivity index (χ0n) is 13.7. The highest BCUT2D eigenvalue weighted by atomic mass is 32.2. The topological polar surface area (TPSA) is 43.1 Å². The Morgan fingerprint density at radius 2 is 1.71 bits per heavy atom. The van der Waals surface area contributed by atoms with E-state index in [9.17, 15) is 4.21 Å². The Labute approximate surface area is 132 Å². The van der Waals surface area contributed by atoms with Crippen LogP contribution in [0.3, 0.4) is 0 Å². The van der Waals surface area contributed by atoms with Crippen LogP contribution in [0.2, 0.25) is 0 Å². The third-order valence-corrected chi connectivity index (χ3v) is 6.71. The Morgan fingerprint density at radius 1 is 1.10 bits per heavy atom. The van der Waals surface area contributed by atoms with Crippen LogP contribution in [0.1, 0.15) is 58.4 Å². The monoisotopic (exact) mass is 307 g/mol. The lowest BCUT2D eigenvalue weighted by Gasteiger charge is -2.35. The fraction of sp³-hybridized carbons (Fsp3) is 0.667. The molecule has 2 N–H and O–H groups in total. The molecule has 1 saturated carbocycles. The van der Waals surface area contributed by atoms with E-state index < -0.39 is 10.8 Å². The van der Waals surface area contributed by atoms with Crippen LogP contribution < -0.4 is 5.73 Å². The molecule has 0 radical (unpaired) electrons. The fourth-order valence-corrected chi connectivity index (χ4v) is 4.83. The summed E-state index contributed by atoms with van der Waals surface area (Å²) in [4.78, 5) is 0.934. The minimum Gasteiger partial charge on any atom is -0.327 e. The zero-order valence-corrected chi connectivity index (χ0v) is 14.5. The van der Waals surface area contributed by atoms with Crippen molar-refractivity contribution >= 4 is 10.8 Å². The van der Waals surface area contributed by atoms with Gasteiger partial charge in [-0.05, 0) is 54.7 Å². The molecule has 4 unspecified atom stereocenters. The molecule has 21 heavy (non-hydrogen) atoms. The van der Waals surface area contributed by atoms with E-state index in [1.807, 2.05) is 12.1 Å². The third kappa shape index (κ3) is 3.95. The van der Waals surface area contributed by atoms with E-state index in [-0.39, 0.29) is 11.3 Å². The van der Waals surface area contributed by atoms with E-state index in [4.69, 9.17) is 5.73 Å². The van der Waals surface area contributed by atoms with Gasteiger partial charge in [-0.2, -0.15) is 0 Å². The fourth-order valence-electron chi connectivity index (χ4n) is 3.20. The summed E-state index contributed by atoms with van der Waals surface area (Å²) in [6.07, 6.45) is 3.18. The first-order valence-corrected chi connectivity index (χ1v) is 9.37. The lowest BCUT2D eigenvalue weighted by Crippen LogP contribution is -2.43. The van der Waals surface area contributed by atoms with Crippen LogP contribution in [0, 0.1) is 11.8 Å². The summed E-state index contributed by atoms with van der Waals surface area (Å²) in [5.41, 5.74) is 7.56. The van der Waals surface area contributed by atoms with Gasteiger partial charge in [0, 0.05) is 10.9 Å². The van der Waals surface area contributed by atoms with Crippen LogP contribution in [-0.2, 0) is 10.8 Å². The van der Waals surface area contributed by atoms with Gasteiger partial charge in [-0.3, -0.25) is 4.21 Å². The lowest BCUT2D eigenvalue weighted by molar-refractivity contribution is 0.264. The predicted molar refractivity (Wildman–Crippen MR) is 90.9 cm³/mol. The van der Waals surface area contributed by atoms with Crippen LogP contribution in [0.25, 0.3) is 0 Å². The molecule has 1 aliphatic carbocycles. The van der Waals surface area contributed by atoms with Crippen molar-refractivity contribution in [2.45, 2.75) is 69.1 Å². The zero-order chi connectivity index (χ0) is 15.6. The molecule has 1 aromatic carbocycles. The van der Waals surface area contributed by atoms with Gasteiger partial charge in [0.15, 0.2) is 0 Å².